The third kappa shape index (κ3) is 10.4. The monoisotopic (exact) mass is 663 g/mol. The second-order valence-corrected chi connectivity index (χ2v) is 17.0. The minimum absolute atomic E-state index is 0.157. The van der Waals surface area contributed by atoms with E-state index in [0.29, 0.717) is 54.8 Å². The third-order valence-corrected chi connectivity index (χ3v) is 10.8. The van der Waals surface area contributed by atoms with E-state index in [0.717, 1.165) is 29.8 Å². The van der Waals surface area contributed by atoms with Gasteiger partial charge in [0.1, 0.15) is 5.60 Å². The van der Waals surface area contributed by atoms with Crippen LogP contribution in [0.3, 0.4) is 0 Å². The zero-order valence-electron chi connectivity index (χ0n) is 27.6. The average molecular weight is 664 g/mol. The number of carbonyl (C=O) groups is 2. The zero-order chi connectivity index (χ0) is 33.6. The fourth-order valence-corrected chi connectivity index (χ4v) is 7.03. The number of benzene rings is 2. The van der Waals surface area contributed by atoms with E-state index in [1.807, 2.05) is 25.7 Å². The maximum atomic E-state index is 13.6. The third-order valence-electron chi connectivity index (χ3n) is 7.80. The van der Waals surface area contributed by atoms with Crippen LogP contribution in [-0.2, 0) is 24.5 Å². The molecule has 0 radical (unpaired) electrons. The summed E-state index contributed by atoms with van der Waals surface area (Å²) in [5.41, 5.74) is 0.927. The zero-order valence-corrected chi connectivity index (χ0v) is 29.2. The number of sulfonamides is 1. The van der Waals surface area contributed by atoms with Gasteiger partial charge in [-0.2, -0.15) is 0 Å². The summed E-state index contributed by atoms with van der Waals surface area (Å²) in [4.78, 5) is 30.2. The van der Waals surface area contributed by atoms with Crippen LogP contribution in [-0.4, -0.2) is 80.4 Å². The van der Waals surface area contributed by atoms with Gasteiger partial charge in [0.2, 0.25) is 10.0 Å². The van der Waals surface area contributed by atoms with E-state index in [4.69, 9.17) is 9.52 Å². The summed E-state index contributed by atoms with van der Waals surface area (Å²) < 4.78 is 53.0. The lowest BCUT2D eigenvalue weighted by Crippen LogP contribution is -2.50. The number of unbranched alkanes of at least 4 members (excludes halogenated alkanes) is 1. The fraction of sp³-hybridized carbons (Fsp3) is 0.562. The smallest absolute Gasteiger partial charge is 0.410 e. The van der Waals surface area contributed by atoms with Crippen molar-refractivity contribution in [2.75, 3.05) is 59.8 Å². The topological polar surface area (TPSA) is 140 Å². The Labute approximate surface area is 269 Å². The van der Waals surface area contributed by atoms with Crippen LogP contribution in [0, 0.1) is 10.7 Å². The number of rotatable bonds is 12. The molecule has 0 aromatic heterocycles. The molecular formula is C32H49N5O6S2. The molecule has 45 heavy (non-hydrogen) atoms. The first-order chi connectivity index (χ1) is 20.9. The Kier molecular flexibility index (Phi) is 11.9. The lowest BCUT2D eigenvalue weighted by atomic mass is 10.0. The molecule has 0 spiro atoms. The van der Waals surface area contributed by atoms with Crippen molar-refractivity contribution >= 4 is 48.8 Å². The Bertz CT molecular complexity index is 1550. The van der Waals surface area contributed by atoms with Crippen LogP contribution in [0.5, 0.6) is 0 Å². The Balaban J connectivity index is 1.78. The Morgan fingerprint density at radius 2 is 1.64 bits per heavy atom. The van der Waals surface area contributed by atoms with Crippen molar-refractivity contribution in [2.45, 2.75) is 70.8 Å². The summed E-state index contributed by atoms with van der Waals surface area (Å²) in [5, 5.41) is 2.83. The van der Waals surface area contributed by atoms with Crippen molar-refractivity contribution in [2.24, 2.45) is 5.92 Å². The van der Waals surface area contributed by atoms with E-state index in [-0.39, 0.29) is 23.1 Å². The lowest BCUT2D eigenvalue weighted by molar-refractivity contribution is 0.0240. The van der Waals surface area contributed by atoms with Crippen molar-refractivity contribution in [1.82, 2.24) is 4.90 Å². The van der Waals surface area contributed by atoms with Crippen LogP contribution in [0.15, 0.2) is 47.4 Å². The Morgan fingerprint density at radius 3 is 2.20 bits per heavy atom. The molecule has 1 unspecified atom stereocenters. The largest absolute Gasteiger partial charge is 0.444 e. The van der Waals surface area contributed by atoms with Gasteiger partial charge < -0.3 is 19.9 Å². The Hall–Kier alpha value is -3.32. The van der Waals surface area contributed by atoms with E-state index in [1.165, 1.54) is 7.05 Å². The Morgan fingerprint density at radius 1 is 1.02 bits per heavy atom. The highest BCUT2D eigenvalue weighted by Crippen LogP contribution is 2.29. The second kappa shape index (κ2) is 14.8. The second-order valence-electron chi connectivity index (χ2n) is 12.8. The molecular weight excluding hydrogens is 615 g/mol. The number of ether oxygens (including phenoxy) is 1. The molecule has 1 aliphatic rings. The van der Waals surface area contributed by atoms with Crippen LogP contribution in [0.25, 0.3) is 0 Å². The first kappa shape index (κ1) is 36.2. The lowest BCUT2D eigenvalue weighted by Gasteiger charge is -2.37. The van der Waals surface area contributed by atoms with E-state index in [1.54, 1.807) is 47.4 Å². The molecule has 1 aliphatic heterocycles. The van der Waals surface area contributed by atoms with Gasteiger partial charge in [-0.25, -0.2) is 22.2 Å². The number of hydrogen-bond acceptors (Lipinski definition) is 8. The number of anilines is 3. The quantitative estimate of drug-likeness (QED) is 0.283. The minimum atomic E-state index is -3.66. The molecule has 1 heterocycles. The highest BCUT2D eigenvalue weighted by Gasteiger charge is 2.27. The van der Waals surface area contributed by atoms with Crippen molar-refractivity contribution in [1.29, 1.82) is 4.78 Å². The van der Waals surface area contributed by atoms with Gasteiger partial charge >= 0.3 is 6.09 Å². The molecule has 2 amide bonds. The summed E-state index contributed by atoms with van der Waals surface area (Å²) in [6, 6.07) is 11.5. The summed E-state index contributed by atoms with van der Waals surface area (Å²) in [5.74, 6) is 0.168. The first-order valence-electron chi connectivity index (χ1n) is 15.4. The van der Waals surface area contributed by atoms with E-state index >= 15 is 0 Å². The molecule has 0 aliphatic carbocycles. The summed E-state index contributed by atoms with van der Waals surface area (Å²) >= 11 is 0. The number of carbonyl (C=O) groups excluding carboxylic acids is 2. The molecule has 2 aromatic rings. The van der Waals surface area contributed by atoms with Gasteiger partial charge in [0, 0.05) is 55.2 Å². The molecule has 0 saturated carbocycles. The standard InChI is InChI=1S/C32H49N5O6S2/c1-8-9-10-24(2)17-22-45(33,42)27-14-11-25(12-15-27)34-30(38)28-23-26(13-16-29(28)35(6)44(7,40)41)36-18-20-37(21-19-36)31(39)43-32(3,4)5/h11-16,23-24,33H,8-10,17-22H2,1-7H3,(H,34,38)/t24-,45?/m0/s1. The number of amides is 2. The predicted molar refractivity (Wildman–Crippen MR) is 181 cm³/mol. The molecule has 11 nitrogen and oxygen atoms in total. The van der Waals surface area contributed by atoms with Crippen LogP contribution in [0.1, 0.15) is 70.7 Å². The SMILES string of the molecule is CCCC[C@H](C)CCS(=N)(=O)c1ccc(NC(=O)c2cc(N3CCN(C(=O)OC(C)(C)C)CC3)ccc2N(C)S(C)(=O)=O)cc1. The van der Waals surface area contributed by atoms with Crippen molar-refractivity contribution in [3.63, 3.8) is 0 Å². The molecule has 1 saturated heterocycles. The van der Waals surface area contributed by atoms with Gasteiger partial charge in [0.15, 0.2) is 0 Å². The van der Waals surface area contributed by atoms with Gasteiger partial charge in [0.05, 0.1) is 27.2 Å². The average Bonchev–Trinajstić information content (AvgIpc) is 2.97. The molecule has 2 atom stereocenters. The molecule has 2 N–H and O–H groups in total. The van der Waals surface area contributed by atoms with E-state index in [9.17, 15) is 22.2 Å². The summed E-state index contributed by atoms with van der Waals surface area (Å²) in [6.07, 6.45) is 4.68. The highest BCUT2D eigenvalue weighted by molar-refractivity contribution is 7.92. The van der Waals surface area contributed by atoms with Crippen LogP contribution in [0.4, 0.5) is 21.9 Å². The first-order valence-corrected chi connectivity index (χ1v) is 19.0. The van der Waals surface area contributed by atoms with Crippen molar-refractivity contribution in [3.8, 4) is 0 Å². The van der Waals surface area contributed by atoms with Crippen molar-refractivity contribution < 1.29 is 27.0 Å². The number of nitrogens with zero attached hydrogens (tertiary/aromatic N) is 3. The van der Waals surface area contributed by atoms with Crippen LogP contribution in [0.2, 0.25) is 0 Å². The molecule has 3 rings (SSSR count). The van der Waals surface area contributed by atoms with Gasteiger partial charge in [0.25, 0.3) is 5.91 Å². The van der Waals surface area contributed by atoms with Crippen LogP contribution >= 0.6 is 0 Å². The minimum Gasteiger partial charge on any atom is -0.444 e. The molecule has 2 aromatic carbocycles. The highest BCUT2D eigenvalue weighted by atomic mass is 32.2. The van der Waals surface area contributed by atoms with Gasteiger partial charge in [-0.05, 0) is 75.6 Å². The molecule has 1 fully saturated rings. The van der Waals surface area contributed by atoms with E-state index < -0.39 is 31.3 Å². The predicted octanol–water partition coefficient (Wildman–Crippen LogP) is 6.01. The van der Waals surface area contributed by atoms with Gasteiger partial charge in [-0.15, -0.1) is 0 Å². The normalized spacial score (nSPS) is 16.1. The van der Waals surface area contributed by atoms with Crippen LogP contribution < -0.4 is 14.5 Å². The van der Waals surface area contributed by atoms with E-state index in [2.05, 4.69) is 19.2 Å². The summed E-state index contributed by atoms with van der Waals surface area (Å²) in [6.45, 7) is 11.6. The fourth-order valence-electron chi connectivity index (χ4n) is 4.97. The number of nitrogens with one attached hydrogen (secondary N) is 2. The number of piperazine rings is 1. The molecule has 0 bridgehead atoms. The summed E-state index contributed by atoms with van der Waals surface area (Å²) in [7, 11) is -5.24. The maximum absolute atomic E-state index is 13.6. The molecule has 250 valence electrons. The molecule has 13 heteroatoms. The van der Waals surface area contributed by atoms with Crippen molar-refractivity contribution in [3.05, 3.63) is 48.0 Å². The van der Waals surface area contributed by atoms with Gasteiger partial charge in [-0.1, -0.05) is 33.1 Å². The number of hydrogen-bond donors (Lipinski definition) is 2. The van der Waals surface area contributed by atoms with Gasteiger partial charge in [-0.3, -0.25) is 9.10 Å². The maximum Gasteiger partial charge on any atom is 0.410 e.